The van der Waals surface area contributed by atoms with Crippen molar-refractivity contribution in [3.8, 4) is 0 Å². The third-order valence-corrected chi connectivity index (χ3v) is 6.26. The molecule has 19 heavy (non-hydrogen) atoms. The molecule has 2 heteroatoms. The van der Waals surface area contributed by atoms with Crippen LogP contribution >= 0.6 is 0 Å². The molecule has 0 bridgehead atoms. The Morgan fingerprint density at radius 2 is 1.89 bits per heavy atom. The molecule has 2 nitrogen and oxygen atoms in total. The number of fused-ring (bicyclic) bond motifs is 2. The molecule has 0 unspecified atom stereocenters. The van der Waals surface area contributed by atoms with E-state index >= 15 is 0 Å². The van der Waals surface area contributed by atoms with E-state index in [0.29, 0.717) is 17.9 Å². The zero-order valence-corrected chi connectivity index (χ0v) is 13.4. The molecule has 0 amide bonds. The first-order valence-electron chi connectivity index (χ1n) is 8.31. The fourth-order valence-electron chi connectivity index (χ4n) is 4.75. The van der Waals surface area contributed by atoms with Gasteiger partial charge in [-0.05, 0) is 50.9 Å². The molecule has 3 rings (SSSR count). The molecule has 2 saturated heterocycles. The van der Waals surface area contributed by atoms with Gasteiger partial charge in [0.1, 0.15) is 6.23 Å². The van der Waals surface area contributed by atoms with Gasteiger partial charge in [-0.1, -0.05) is 27.2 Å². The maximum absolute atomic E-state index is 6.53. The second-order valence-electron chi connectivity index (χ2n) is 8.20. The van der Waals surface area contributed by atoms with Crippen LogP contribution in [-0.4, -0.2) is 29.3 Å². The molecular weight excluding hydrogens is 234 g/mol. The first-order valence-corrected chi connectivity index (χ1v) is 8.31. The molecular formula is C17H31NO. The maximum Gasteiger partial charge on any atom is 0.111 e. The van der Waals surface area contributed by atoms with Crippen LogP contribution in [0, 0.1) is 23.7 Å². The SMILES string of the molecule is CC(C)[C@@H]1C[C@@H]2O[C@@H]3C[C@H](C)CC[C@H]3C(C)(C)N2C1. The van der Waals surface area contributed by atoms with Crippen LogP contribution in [0.5, 0.6) is 0 Å². The highest BCUT2D eigenvalue weighted by Gasteiger charge is 2.53. The van der Waals surface area contributed by atoms with Gasteiger partial charge in [0.25, 0.3) is 0 Å². The monoisotopic (exact) mass is 265 g/mol. The Hall–Kier alpha value is -0.0800. The van der Waals surface area contributed by atoms with E-state index in [4.69, 9.17) is 4.74 Å². The van der Waals surface area contributed by atoms with Crippen LogP contribution in [0.2, 0.25) is 0 Å². The molecule has 2 heterocycles. The average Bonchev–Trinajstić information content (AvgIpc) is 2.73. The number of hydrogen-bond donors (Lipinski definition) is 0. The lowest BCUT2D eigenvalue weighted by Crippen LogP contribution is -2.62. The van der Waals surface area contributed by atoms with Crippen LogP contribution in [0.1, 0.15) is 60.3 Å². The van der Waals surface area contributed by atoms with Gasteiger partial charge in [0.15, 0.2) is 0 Å². The first-order chi connectivity index (χ1) is 8.89. The Kier molecular flexibility index (Phi) is 3.46. The standard InChI is InChI=1S/C17H31NO/c1-11(2)13-9-16-18(10-13)17(4,5)14-7-6-12(3)8-15(14)19-16/h11-16H,6-10H2,1-5H3/t12-,13-,14-,15-,16+/m1/s1. The zero-order chi connectivity index (χ0) is 13.8. The second-order valence-corrected chi connectivity index (χ2v) is 8.20. The quantitative estimate of drug-likeness (QED) is 0.713. The van der Waals surface area contributed by atoms with Crippen LogP contribution < -0.4 is 0 Å². The number of nitrogens with zero attached hydrogens (tertiary/aromatic N) is 1. The third kappa shape index (κ3) is 2.25. The van der Waals surface area contributed by atoms with Crippen molar-refractivity contribution >= 4 is 0 Å². The minimum atomic E-state index is 0.331. The number of ether oxygens (including phenoxy) is 1. The van der Waals surface area contributed by atoms with Crippen molar-refractivity contribution in [1.82, 2.24) is 4.90 Å². The molecule has 1 aliphatic carbocycles. The van der Waals surface area contributed by atoms with Gasteiger partial charge >= 0.3 is 0 Å². The molecule has 110 valence electrons. The van der Waals surface area contributed by atoms with Crippen LogP contribution in [-0.2, 0) is 4.74 Å². The molecule has 0 radical (unpaired) electrons. The van der Waals surface area contributed by atoms with Crippen molar-refractivity contribution in [1.29, 1.82) is 0 Å². The topological polar surface area (TPSA) is 12.5 Å². The van der Waals surface area contributed by atoms with Gasteiger partial charge in [-0.15, -0.1) is 0 Å². The van der Waals surface area contributed by atoms with E-state index in [-0.39, 0.29) is 0 Å². The molecule has 0 spiro atoms. The molecule has 0 aromatic rings. The van der Waals surface area contributed by atoms with Crippen molar-refractivity contribution in [3.05, 3.63) is 0 Å². The van der Waals surface area contributed by atoms with Crippen molar-refractivity contribution in [2.75, 3.05) is 6.54 Å². The Morgan fingerprint density at radius 3 is 2.58 bits per heavy atom. The summed E-state index contributed by atoms with van der Waals surface area (Å²) in [5.41, 5.74) is 0.331. The molecule has 5 atom stereocenters. The number of rotatable bonds is 1. The Bertz CT molecular complexity index is 338. The van der Waals surface area contributed by atoms with E-state index in [1.165, 1.54) is 32.2 Å². The molecule has 3 fully saturated rings. The van der Waals surface area contributed by atoms with Crippen LogP contribution in [0.3, 0.4) is 0 Å². The fourth-order valence-corrected chi connectivity index (χ4v) is 4.75. The summed E-state index contributed by atoms with van der Waals surface area (Å²) in [6.45, 7) is 13.3. The Morgan fingerprint density at radius 1 is 1.16 bits per heavy atom. The summed E-state index contributed by atoms with van der Waals surface area (Å²) in [7, 11) is 0. The van der Waals surface area contributed by atoms with Crippen molar-refractivity contribution in [2.45, 2.75) is 78.2 Å². The van der Waals surface area contributed by atoms with Crippen LogP contribution in [0.4, 0.5) is 0 Å². The highest BCUT2D eigenvalue weighted by atomic mass is 16.5. The van der Waals surface area contributed by atoms with Gasteiger partial charge in [0, 0.05) is 18.0 Å². The zero-order valence-electron chi connectivity index (χ0n) is 13.4. The second kappa shape index (κ2) is 4.73. The highest BCUT2D eigenvalue weighted by molar-refractivity contribution is 5.03. The van der Waals surface area contributed by atoms with Gasteiger partial charge in [0.05, 0.1) is 6.10 Å². The first kappa shape index (κ1) is 13.9. The summed E-state index contributed by atoms with van der Waals surface area (Å²) >= 11 is 0. The minimum absolute atomic E-state index is 0.331. The normalized spacial score (nSPS) is 46.1. The van der Waals surface area contributed by atoms with E-state index in [9.17, 15) is 0 Å². The predicted molar refractivity (Wildman–Crippen MR) is 78.9 cm³/mol. The third-order valence-electron chi connectivity index (χ3n) is 6.26. The minimum Gasteiger partial charge on any atom is -0.360 e. The van der Waals surface area contributed by atoms with Gasteiger partial charge in [-0.25, -0.2) is 0 Å². The highest BCUT2D eigenvalue weighted by Crippen LogP contribution is 2.48. The van der Waals surface area contributed by atoms with Gasteiger partial charge in [0.2, 0.25) is 0 Å². The molecule has 2 aliphatic heterocycles. The summed E-state index contributed by atoms with van der Waals surface area (Å²) in [6.07, 6.45) is 6.19. The molecule has 1 saturated carbocycles. The number of hydrogen-bond acceptors (Lipinski definition) is 2. The van der Waals surface area contributed by atoms with Crippen LogP contribution in [0.25, 0.3) is 0 Å². The molecule has 0 aromatic heterocycles. The summed E-state index contributed by atoms with van der Waals surface area (Å²) in [4.78, 5) is 2.69. The van der Waals surface area contributed by atoms with Crippen LogP contribution in [0.15, 0.2) is 0 Å². The molecule has 0 aromatic carbocycles. The van der Waals surface area contributed by atoms with E-state index in [1.54, 1.807) is 0 Å². The van der Waals surface area contributed by atoms with Crippen molar-refractivity contribution in [3.63, 3.8) is 0 Å². The van der Waals surface area contributed by atoms with Crippen molar-refractivity contribution < 1.29 is 4.74 Å². The summed E-state index contributed by atoms with van der Waals surface area (Å²) in [6, 6.07) is 0. The average molecular weight is 265 g/mol. The maximum atomic E-state index is 6.53. The summed E-state index contributed by atoms with van der Waals surface area (Å²) < 4.78 is 6.53. The Balaban J connectivity index is 1.81. The molecule has 0 N–H and O–H groups in total. The molecule has 3 aliphatic rings. The largest absolute Gasteiger partial charge is 0.360 e. The van der Waals surface area contributed by atoms with Gasteiger partial charge in [-0.3, -0.25) is 4.90 Å². The lowest BCUT2D eigenvalue weighted by Gasteiger charge is -2.55. The predicted octanol–water partition coefficient (Wildman–Crippen LogP) is 3.90. The lowest BCUT2D eigenvalue weighted by atomic mass is 9.70. The van der Waals surface area contributed by atoms with E-state index in [0.717, 1.165) is 23.7 Å². The van der Waals surface area contributed by atoms with E-state index in [1.807, 2.05) is 0 Å². The smallest absolute Gasteiger partial charge is 0.111 e. The van der Waals surface area contributed by atoms with Gasteiger partial charge in [-0.2, -0.15) is 0 Å². The van der Waals surface area contributed by atoms with E-state index in [2.05, 4.69) is 39.5 Å². The Labute approximate surface area is 118 Å². The summed E-state index contributed by atoms with van der Waals surface area (Å²) in [5, 5.41) is 0. The van der Waals surface area contributed by atoms with Gasteiger partial charge < -0.3 is 4.74 Å². The van der Waals surface area contributed by atoms with Crippen molar-refractivity contribution in [2.24, 2.45) is 23.7 Å². The fraction of sp³-hybridized carbons (Fsp3) is 1.00. The summed E-state index contributed by atoms with van der Waals surface area (Å²) in [5.74, 6) is 3.20. The van der Waals surface area contributed by atoms with E-state index < -0.39 is 0 Å². The lowest BCUT2D eigenvalue weighted by molar-refractivity contribution is -0.217.